The molecule has 21 heavy (non-hydrogen) atoms. The van der Waals surface area contributed by atoms with Gasteiger partial charge >= 0.3 is 6.18 Å². The van der Waals surface area contributed by atoms with Crippen LogP contribution in [0.25, 0.3) is 0 Å². The molecule has 1 atom stereocenters. The molecule has 0 aromatic rings. The van der Waals surface area contributed by atoms with E-state index in [4.69, 9.17) is 0 Å². The normalized spacial score (nSPS) is 25.8. The first kappa shape index (κ1) is 18.1. The van der Waals surface area contributed by atoms with Crippen molar-refractivity contribution in [2.24, 2.45) is 11.3 Å². The second-order valence-corrected chi connectivity index (χ2v) is 5.92. The Morgan fingerprint density at radius 2 is 1.81 bits per heavy atom. The van der Waals surface area contributed by atoms with Gasteiger partial charge in [-0.1, -0.05) is 0 Å². The van der Waals surface area contributed by atoms with Crippen LogP contribution in [0, 0.1) is 11.3 Å². The fourth-order valence-corrected chi connectivity index (χ4v) is 3.45. The van der Waals surface area contributed by atoms with E-state index >= 15 is 0 Å². The van der Waals surface area contributed by atoms with Crippen LogP contribution in [-0.2, 0) is 9.59 Å². The highest BCUT2D eigenvalue weighted by molar-refractivity contribution is 5.85. The Hall–Kier alpha value is -0.980. The summed E-state index contributed by atoms with van der Waals surface area (Å²) in [7, 11) is 1.55. The summed E-state index contributed by atoms with van der Waals surface area (Å²) in [6, 6.07) is 0. The van der Waals surface area contributed by atoms with E-state index in [1.165, 1.54) is 11.8 Å². The summed E-state index contributed by atoms with van der Waals surface area (Å²) in [6.45, 7) is 2.23. The summed E-state index contributed by atoms with van der Waals surface area (Å²) in [5.74, 6) is -2.15. The van der Waals surface area contributed by atoms with Crippen LogP contribution in [0.15, 0.2) is 0 Å². The summed E-state index contributed by atoms with van der Waals surface area (Å²) in [6.07, 6.45) is -4.24. The second-order valence-electron chi connectivity index (χ2n) is 5.92. The zero-order valence-electron chi connectivity index (χ0n) is 12.1. The molecule has 2 aliphatic heterocycles. The van der Waals surface area contributed by atoms with Crippen LogP contribution < -0.4 is 0 Å². The predicted molar refractivity (Wildman–Crippen MR) is 73.0 cm³/mol. The number of alkyl halides is 3. The molecule has 1 spiro atoms. The second kappa shape index (κ2) is 6.02. The maximum absolute atomic E-state index is 13.3. The smallest absolute Gasteiger partial charge is 0.345 e. The molecule has 0 aromatic carbocycles. The fraction of sp³-hybridized carbons (Fsp3) is 0.846. The van der Waals surface area contributed by atoms with E-state index in [0.717, 1.165) is 0 Å². The zero-order valence-corrected chi connectivity index (χ0v) is 12.9. The number of piperidine rings is 2. The monoisotopic (exact) mass is 328 g/mol. The first-order chi connectivity index (χ1) is 9.16. The largest absolute Gasteiger partial charge is 0.392 e. The number of likely N-dealkylation sites (tertiary alicyclic amines) is 2. The molecule has 2 fully saturated rings. The maximum Gasteiger partial charge on any atom is 0.392 e. The van der Waals surface area contributed by atoms with Crippen LogP contribution in [0.2, 0.25) is 0 Å². The first-order valence-corrected chi connectivity index (χ1v) is 6.72. The highest BCUT2D eigenvalue weighted by Gasteiger charge is 2.57. The highest BCUT2D eigenvalue weighted by atomic mass is 35.5. The molecule has 2 heterocycles. The van der Waals surface area contributed by atoms with Gasteiger partial charge in [0.25, 0.3) is 0 Å². The maximum atomic E-state index is 13.3. The molecule has 2 saturated heterocycles. The number of amides is 2. The van der Waals surface area contributed by atoms with Gasteiger partial charge in [0.05, 0.1) is 5.92 Å². The molecule has 0 bridgehead atoms. The molecule has 0 unspecified atom stereocenters. The van der Waals surface area contributed by atoms with Crippen molar-refractivity contribution in [3.05, 3.63) is 0 Å². The molecule has 0 aliphatic carbocycles. The van der Waals surface area contributed by atoms with Crippen molar-refractivity contribution >= 4 is 24.2 Å². The van der Waals surface area contributed by atoms with Gasteiger partial charge in [0.1, 0.15) is 0 Å². The van der Waals surface area contributed by atoms with Crippen molar-refractivity contribution < 1.29 is 22.8 Å². The Labute approximate surface area is 128 Å². The van der Waals surface area contributed by atoms with Crippen molar-refractivity contribution in [3.63, 3.8) is 0 Å². The third-order valence-corrected chi connectivity index (χ3v) is 4.70. The number of nitrogens with zero attached hydrogens (tertiary/aromatic N) is 2. The van der Waals surface area contributed by atoms with Gasteiger partial charge in [-0.3, -0.25) is 9.59 Å². The summed E-state index contributed by atoms with van der Waals surface area (Å²) in [5, 5.41) is 0. The highest BCUT2D eigenvalue weighted by Crippen LogP contribution is 2.51. The summed E-state index contributed by atoms with van der Waals surface area (Å²) in [5.41, 5.74) is -0.938. The van der Waals surface area contributed by atoms with Crippen molar-refractivity contribution in [2.45, 2.75) is 32.4 Å². The molecule has 8 heteroatoms. The van der Waals surface area contributed by atoms with Crippen LogP contribution >= 0.6 is 12.4 Å². The van der Waals surface area contributed by atoms with E-state index in [0.29, 0.717) is 25.9 Å². The fourth-order valence-electron chi connectivity index (χ4n) is 3.45. The van der Waals surface area contributed by atoms with Gasteiger partial charge in [-0.25, -0.2) is 0 Å². The number of hydrogen-bond donors (Lipinski definition) is 0. The van der Waals surface area contributed by atoms with E-state index < -0.39 is 29.8 Å². The molecular weight excluding hydrogens is 309 g/mol. The molecule has 2 amide bonds. The van der Waals surface area contributed by atoms with Crippen molar-refractivity contribution in [3.8, 4) is 0 Å². The number of carbonyl (C=O) groups is 2. The summed E-state index contributed by atoms with van der Waals surface area (Å²) >= 11 is 0. The van der Waals surface area contributed by atoms with E-state index in [1.807, 2.05) is 0 Å². The molecular formula is C13H20ClF3N2O2. The average Bonchev–Trinajstić information content (AvgIpc) is 2.33. The van der Waals surface area contributed by atoms with E-state index in [9.17, 15) is 22.8 Å². The minimum absolute atomic E-state index is 0. The summed E-state index contributed by atoms with van der Waals surface area (Å²) in [4.78, 5) is 25.9. The van der Waals surface area contributed by atoms with Gasteiger partial charge in [0.15, 0.2) is 0 Å². The number of rotatable bonds is 0. The van der Waals surface area contributed by atoms with Crippen molar-refractivity contribution in [1.82, 2.24) is 9.80 Å². The predicted octanol–water partition coefficient (Wildman–Crippen LogP) is 2.08. The molecule has 0 radical (unpaired) electrons. The van der Waals surface area contributed by atoms with Gasteiger partial charge in [-0.2, -0.15) is 13.2 Å². The Bertz CT molecular complexity index is 420. The SMILES string of the molecule is CC(=O)N1CCC2(CC1)CN(C)C(=O)C[C@H]2C(F)(F)F.Cl. The molecule has 0 saturated carbocycles. The molecule has 4 nitrogen and oxygen atoms in total. The van der Waals surface area contributed by atoms with Gasteiger partial charge in [0.2, 0.25) is 11.8 Å². The lowest BCUT2D eigenvalue weighted by Crippen LogP contribution is -2.58. The number of carbonyl (C=O) groups excluding carboxylic acids is 2. The van der Waals surface area contributed by atoms with Crippen LogP contribution in [0.1, 0.15) is 26.2 Å². The Morgan fingerprint density at radius 3 is 2.24 bits per heavy atom. The van der Waals surface area contributed by atoms with Crippen molar-refractivity contribution in [1.29, 1.82) is 0 Å². The molecule has 0 N–H and O–H groups in total. The van der Waals surface area contributed by atoms with Gasteiger partial charge in [-0.15, -0.1) is 12.4 Å². The molecule has 2 rings (SSSR count). The topological polar surface area (TPSA) is 40.6 Å². The van der Waals surface area contributed by atoms with E-state index in [1.54, 1.807) is 11.9 Å². The Kier molecular flexibility index (Phi) is 5.18. The third kappa shape index (κ3) is 3.44. The quantitative estimate of drug-likeness (QED) is 0.683. The van der Waals surface area contributed by atoms with Crippen LogP contribution in [0.4, 0.5) is 13.2 Å². The summed E-state index contributed by atoms with van der Waals surface area (Å²) < 4.78 is 39.8. The van der Waals surface area contributed by atoms with Crippen LogP contribution in [0.3, 0.4) is 0 Å². The number of hydrogen-bond acceptors (Lipinski definition) is 2. The minimum Gasteiger partial charge on any atom is -0.345 e. The van der Waals surface area contributed by atoms with Crippen LogP contribution in [-0.4, -0.2) is 54.5 Å². The minimum atomic E-state index is -4.37. The molecule has 2 aliphatic rings. The Morgan fingerprint density at radius 1 is 1.29 bits per heavy atom. The van der Waals surface area contributed by atoms with Gasteiger partial charge < -0.3 is 9.80 Å². The standard InChI is InChI=1S/C13H19F3N2O2.ClH/c1-9(19)18-5-3-12(4-6-18)8-17(2)11(20)7-10(12)13(14,15)16;/h10H,3-8H2,1-2H3;1H/t10-;/m1./s1. The van der Waals surface area contributed by atoms with Crippen LogP contribution in [0.5, 0.6) is 0 Å². The zero-order chi connectivity index (χ0) is 15.1. The lowest BCUT2D eigenvalue weighted by molar-refractivity contribution is -0.229. The lowest BCUT2D eigenvalue weighted by Gasteiger charge is -2.51. The van der Waals surface area contributed by atoms with Gasteiger partial charge in [-0.05, 0) is 12.8 Å². The molecule has 0 aromatic heterocycles. The number of halogens is 4. The van der Waals surface area contributed by atoms with Crippen molar-refractivity contribution in [2.75, 3.05) is 26.7 Å². The van der Waals surface area contributed by atoms with E-state index in [2.05, 4.69) is 0 Å². The Balaban J connectivity index is 0.00000220. The lowest BCUT2D eigenvalue weighted by atomic mass is 9.64. The third-order valence-electron chi connectivity index (χ3n) is 4.70. The van der Waals surface area contributed by atoms with E-state index in [-0.39, 0.29) is 24.9 Å². The first-order valence-electron chi connectivity index (χ1n) is 6.72. The molecule has 122 valence electrons. The van der Waals surface area contributed by atoms with Gasteiger partial charge in [0, 0.05) is 45.4 Å². The average molecular weight is 329 g/mol.